The molecule has 0 unspecified atom stereocenters. The van der Waals surface area contributed by atoms with E-state index in [1.165, 1.54) is 5.56 Å². The minimum absolute atomic E-state index is 0.392. The van der Waals surface area contributed by atoms with E-state index >= 15 is 0 Å². The van der Waals surface area contributed by atoms with Crippen LogP contribution in [0.4, 0.5) is 5.69 Å². The van der Waals surface area contributed by atoms with E-state index in [-0.39, 0.29) is 0 Å². The van der Waals surface area contributed by atoms with Gasteiger partial charge in [0.2, 0.25) is 0 Å². The Morgan fingerprint density at radius 1 is 1.00 bits per heavy atom. The number of carbonyl (C=O) groups is 2. The Morgan fingerprint density at radius 2 is 1.72 bits per heavy atom. The lowest BCUT2D eigenvalue weighted by molar-refractivity contribution is -0.119. The van der Waals surface area contributed by atoms with Crippen LogP contribution in [0.2, 0.25) is 10.0 Å². The molecular formula is C29H22Cl2N2O3. The average molecular weight is 517 g/mol. The molecule has 0 bridgehead atoms. The summed E-state index contributed by atoms with van der Waals surface area (Å²) in [6.45, 7) is 1.61. The third kappa shape index (κ3) is 5.13. The van der Waals surface area contributed by atoms with E-state index in [9.17, 15) is 9.59 Å². The van der Waals surface area contributed by atoms with E-state index in [0.29, 0.717) is 38.6 Å². The van der Waals surface area contributed by atoms with E-state index in [4.69, 9.17) is 32.9 Å². The number of hydrogen-bond acceptors (Lipinski definition) is 4. The van der Waals surface area contributed by atoms with Crippen LogP contribution in [0.15, 0.2) is 66.7 Å². The smallest absolute Gasteiger partial charge is 0.339 e. The SMILES string of the molecule is Cc1ccc(/C=C2/CCc3c2nc2ccccc2c3C(=O)OCC(=O)Nc2cc(Cl)cc(Cl)c2)cc1. The molecule has 180 valence electrons. The van der Waals surface area contributed by atoms with Crippen molar-refractivity contribution >= 4 is 63.3 Å². The number of aryl methyl sites for hydroxylation is 1. The Morgan fingerprint density at radius 3 is 2.47 bits per heavy atom. The number of aromatic nitrogens is 1. The van der Waals surface area contributed by atoms with Crippen LogP contribution in [-0.4, -0.2) is 23.5 Å². The first kappa shape index (κ1) is 24.0. The maximum absolute atomic E-state index is 13.3. The summed E-state index contributed by atoms with van der Waals surface area (Å²) in [5, 5.41) is 4.14. The summed E-state index contributed by atoms with van der Waals surface area (Å²) in [5.74, 6) is -1.04. The molecular weight excluding hydrogens is 495 g/mol. The lowest BCUT2D eigenvalue weighted by Crippen LogP contribution is -2.21. The van der Waals surface area contributed by atoms with E-state index in [1.54, 1.807) is 18.2 Å². The molecule has 1 aliphatic carbocycles. The van der Waals surface area contributed by atoms with Crippen LogP contribution in [0, 0.1) is 6.92 Å². The highest BCUT2D eigenvalue weighted by Crippen LogP contribution is 2.37. The van der Waals surface area contributed by atoms with Crippen molar-refractivity contribution in [3.05, 3.63) is 105 Å². The molecule has 0 fully saturated rings. The molecule has 0 aliphatic heterocycles. The van der Waals surface area contributed by atoms with Gasteiger partial charge >= 0.3 is 5.97 Å². The zero-order chi connectivity index (χ0) is 25.2. The molecule has 0 saturated heterocycles. The van der Waals surface area contributed by atoms with Crippen LogP contribution in [0.25, 0.3) is 22.6 Å². The number of anilines is 1. The van der Waals surface area contributed by atoms with Crippen molar-refractivity contribution in [1.82, 2.24) is 4.98 Å². The molecule has 0 spiro atoms. The first-order valence-electron chi connectivity index (χ1n) is 11.5. The van der Waals surface area contributed by atoms with Crippen LogP contribution in [0.1, 0.15) is 39.2 Å². The fraction of sp³-hybridized carbons (Fsp3) is 0.138. The highest BCUT2D eigenvalue weighted by molar-refractivity contribution is 6.35. The number of nitrogens with zero attached hydrogens (tertiary/aromatic N) is 1. The van der Waals surface area contributed by atoms with Crippen molar-refractivity contribution in [3.63, 3.8) is 0 Å². The van der Waals surface area contributed by atoms with E-state index < -0.39 is 18.5 Å². The molecule has 5 rings (SSSR count). The first-order chi connectivity index (χ1) is 17.4. The Balaban J connectivity index is 1.42. The summed E-state index contributed by atoms with van der Waals surface area (Å²) in [6.07, 6.45) is 3.55. The first-order valence-corrected chi connectivity index (χ1v) is 12.3. The lowest BCUT2D eigenvalue weighted by Gasteiger charge is -2.13. The number of hydrogen-bond donors (Lipinski definition) is 1. The number of allylic oxidation sites excluding steroid dienone is 1. The van der Waals surface area contributed by atoms with Crippen molar-refractivity contribution in [2.24, 2.45) is 0 Å². The maximum atomic E-state index is 13.3. The molecule has 1 aliphatic rings. The quantitative estimate of drug-likeness (QED) is 0.286. The van der Waals surface area contributed by atoms with Crippen molar-refractivity contribution in [3.8, 4) is 0 Å². The molecule has 1 heterocycles. The van der Waals surface area contributed by atoms with Crippen molar-refractivity contribution < 1.29 is 14.3 Å². The number of fused-ring (bicyclic) bond motifs is 2. The zero-order valence-electron chi connectivity index (χ0n) is 19.5. The van der Waals surface area contributed by atoms with Gasteiger partial charge in [-0.3, -0.25) is 4.79 Å². The monoisotopic (exact) mass is 516 g/mol. The highest BCUT2D eigenvalue weighted by atomic mass is 35.5. The van der Waals surface area contributed by atoms with Gasteiger partial charge in [-0.2, -0.15) is 0 Å². The minimum Gasteiger partial charge on any atom is -0.452 e. The molecule has 4 aromatic rings. The topological polar surface area (TPSA) is 68.3 Å². The van der Waals surface area contributed by atoms with Gasteiger partial charge in [-0.25, -0.2) is 9.78 Å². The summed E-state index contributed by atoms with van der Waals surface area (Å²) in [6, 6.07) is 20.5. The molecule has 3 aromatic carbocycles. The third-order valence-electron chi connectivity index (χ3n) is 6.04. The predicted octanol–water partition coefficient (Wildman–Crippen LogP) is 7.13. The summed E-state index contributed by atoms with van der Waals surface area (Å²) >= 11 is 12.0. The number of pyridine rings is 1. The number of nitrogens with one attached hydrogen (secondary N) is 1. The van der Waals surface area contributed by atoms with Crippen molar-refractivity contribution in [1.29, 1.82) is 0 Å². The van der Waals surface area contributed by atoms with Crippen LogP contribution in [0.3, 0.4) is 0 Å². The molecule has 1 aromatic heterocycles. The predicted molar refractivity (Wildman–Crippen MR) is 144 cm³/mol. The normalized spacial score (nSPS) is 13.6. The second-order valence-corrected chi connectivity index (χ2v) is 9.57. The molecule has 0 saturated carbocycles. The van der Waals surface area contributed by atoms with E-state index in [2.05, 4.69) is 42.6 Å². The summed E-state index contributed by atoms with van der Waals surface area (Å²) in [4.78, 5) is 30.6. The van der Waals surface area contributed by atoms with Crippen LogP contribution < -0.4 is 5.32 Å². The number of para-hydroxylation sites is 1. The Bertz CT molecular complexity index is 1510. The summed E-state index contributed by atoms with van der Waals surface area (Å²) < 4.78 is 5.46. The van der Waals surface area contributed by atoms with E-state index in [0.717, 1.165) is 28.8 Å². The van der Waals surface area contributed by atoms with Gasteiger partial charge in [-0.1, -0.05) is 71.2 Å². The van der Waals surface area contributed by atoms with Crippen molar-refractivity contribution in [2.75, 3.05) is 11.9 Å². The fourth-order valence-electron chi connectivity index (χ4n) is 4.40. The average Bonchev–Trinajstić information content (AvgIpc) is 3.23. The molecule has 1 amide bonds. The van der Waals surface area contributed by atoms with Crippen LogP contribution in [-0.2, 0) is 16.0 Å². The molecule has 7 heteroatoms. The highest BCUT2D eigenvalue weighted by Gasteiger charge is 2.28. The Hall–Kier alpha value is -3.67. The lowest BCUT2D eigenvalue weighted by atomic mass is 10.0. The standard InChI is InChI=1S/C29H22Cl2N2O3/c1-17-6-8-18(9-7-17)12-19-10-11-24-27(23-4-2-3-5-25(23)33-28(19)24)29(35)36-16-26(34)32-22-14-20(30)13-21(31)15-22/h2-9,12-15H,10-11,16H2,1H3,(H,32,34)/b19-12-. The van der Waals surface area contributed by atoms with Gasteiger partial charge in [0.05, 0.1) is 16.8 Å². The van der Waals surface area contributed by atoms with Gasteiger partial charge in [-0.05, 0) is 66.8 Å². The third-order valence-corrected chi connectivity index (χ3v) is 6.48. The van der Waals surface area contributed by atoms with Gasteiger partial charge in [0.15, 0.2) is 6.61 Å². The van der Waals surface area contributed by atoms with Gasteiger partial charge in [0.25, 0.3) is 5.91 Å². The summed E-state index contributed by atoms with van der Waals surface area (Å²) in [7, 11) is 0. The minimum atomic E-state index is -0.555. The van der Waals surface area contributed by atoms with Crippen molar-refractivity contribution in [2.45, 2.75) is 19.8 Å². The number of amides is 1. The second-order valence-electron chi connectivity index (χ2n) is 8.69. The number of rotatable bonds is 5. The van der Waals surface area contributed by atoms with Gasteiger partial charge < -0.3 is 10.1 Å². The Kier molecular flexibility index (Phi) is 6.77. The maximum Gasteiger partial charge on any atom is 0.339 e. The Labute approximate surface area is 218 Å². The van der Waals surface area contributed by atoms with Gasteiger partial charge in [0.1, 0.15) is 0 Å². The molecule has 36 heavy (non-hydrogen) atoms. The second kappa shape index (κ2) is 10.1. The van der Waals surface area contributed by atoms with Gasteiger partial charge in [0, 0.05) is 21.1 Å². The number of carbonyl (C=O) groups excluding carboxylic acids is 2. The number of ether oxygens (including phenoxy) is 1. The fourth-order valence-corrected chi connectivity index (χ4v) is 4.93. The summed E-state index contributed by atoms with van der Waals surface area (Å²) in [5.41, 5.74) is 6.60. The molecule has 0 radical (unpaired) electrons. The zero-order valence-corrected chi connectivity index (χ0v) is 21.0. The molecule has 0 atom stereocenters. The molecule has 1 N–H and O–H groups in total. The largest absolute Gasteiger partial charge is 0.452 e. The number of benzene rings is 3. The van der Waals surface area contributed by atoms with Crippen LogP contribution >= 0.6 is 23.2 Å². The van der Waals surface area contributed by atoms with E-state index in [1.807, 2.05) is 24.3 Å². The number of esters is 1. The molecule has 5 nitrogen and oxygen atoms in total. The van der Waals surface area contributed by atoms with Crippen LogP contribution in [0.5, 0.6) is 0 Å². The van der Waals surface area contributed by atoms with Gasteiger partial charge in [-0.15, -0.1) is 0 Å². The number of halogens is 2.